The number of rotatable bonds is 7. The minimum absolute atomic E-state index is 0.0318. The largest absolute Gasteiger partial charge is 0.545 e. The summed E-state index contributed by atoms with van der Waals surface area (Å²) in [5.41, 5.74) is -0.0318. The monoisotopic (exact) mass is 198 g/mol. The normalized spacial score (nSPS) is 9.50. The third-order valence-electron chi connectivity index (χ3n) is 1.80. The van der Waals surface area contributed by atoms with E-state index < -0.39 is 5.97 Å². The molecule has 0 saturated carbocycles. The van der Waals surface area contributed by atoms with Gasteiger partial charge in [0, 0.05) is 13.0 Å². The van der Waals surface area contributed by atoms with Crippen molar-refractivity contribution in [3.63, 3.8) is 0 Å². The van der Waals surface area contributed by atoms with Crippen molar-refractivity contribution in [3.05, 3.63) is 12.2 Å². The highest BCUT2D eigenvalue weighted by Crippen LogP contribution is 2.00. The Morgan fingerprint density at radius 3 is 2.50 bits per heavy atom. The molecule has 80 valence electrons. The standard InChI is InChI=1S/C10H17NO3/c1-3-4-7-11-9(12)6-5-8(2)10(13)14/h2-7H2,1H3,(H,11,12)(H,13,14)/p-1. The van der Waals surface area contributed by atoms with E-state index in [4.69, 9.17) is 0 Å². The zero-order valence-corrected chi connectivity index (χ0v) is 8.47. The zero-order valence-electron chi connectivity index (χ0n) is 8.47. The van der Waals surface area contributed by atoms with E-state index in [1.165, 1.54) is 0 Å². The number of carbonyl (C=O) groups is 2. The number of hydrogen-bond acceptors (Lipinski definition) is 3. The minimum Gasteiger partial charge on any atom is -0.545 e. The molecule has 0 bridgehead atoms. The number of hydrogen-bond donors (Lipinski definition) is 1. The van der Waals surface area contributed by atoms with Crippen LogP contribution < -0.4 is 10.4 Å². The molecule has 0 aromatic heterocycles. The average Bonchev–Trinajstić information content (AvgIpc) is 2.14. The molecular weight excluding hydrogens is 182 g/mol. The first-order valence-corrected chi connectivity index (χ1v) is 4.73. The molecule has 0 aromatic carbocycles. The molecule has 0 unspecified atom stereocenters. The molecule has 14 heavy (non-hydrogen) atoms. The molecule has 0 atom stereocenters. The summed E-state index contributed by atoms with van der Waals surface area (Å²) >= 11 is 0. The maximum Gasteiger partial charge on any atom is 0.220 e. The van der Waals surface area contributed by atoms with Gasteiger partial charge in [-0.25, -0.2) is 0 Å². The first-order chi connectivity index (χ1) is 6.57. The lowest BCUT2D eigenvalue weighted by Gasteiger charge is -2.06. The fourth-order valence-corrected chi connectivity index (χ4v) is 0.859. The van der Waals surface area contributed by atoms with Crippen molar-refractivity contribution in [2.75, 3.05) is 6.54 Å². The van der Waals surface area contributed by atoms with Gasteiger partial charge >= 0.3 is 0 Å². The Labute approximate surface area is 84.0 Å². The van der Waals surface area contributed by atoms with Gasteiger partial charge in [0.2, 0.25) is 5.91 Å². The van der Waals surface area contributed by atoms with Crippen molar-refractivity contribution in [3.8, 4) is 0 Å². The molecule has 0 aliphatic rings. The highest BCUT2D eigenvalue weighted by atomic mass is 16.4. The van der Waals surface area contributed by atoms with Crippen LogP contribution in [0.4, 0.5) is 0 Å². The predicted molar refractivity (Wildman–Crippen MR) is 51.3 cm³/mol. The number of aliphatic carboxylic acids is 1. The number of nitrogens with one attached hydrogen (secondary N) is 1. The maximum atomic E-state index is 11.1. The van der Waals surface area contributed by atoms with E-state index in [9.17, 15) is 14.7 Å². The van der Waals surface area contributed by atoms with E-state index in [0.29, 0.717) is 6.54 Å². The van der Waals surface area contributed by atoms with Gasteiger partial charge in [0.25, 0.3) is 0 Å². The van der Waals surface area contributed by atoms with Crippen LogP contribution in [0.25, 0.3) is 0 Å². The van der Waals surface area contributed by atoms with Crippen LogP contribution in [0, 0.1) is 0 Å². The topological polar surface area (TPSA) is 69.2 Å². The predicted octanol–water partition coefficient (Wildman–Crippen LogP) is -0.0110. The van der Waals surface area contributed by atoms with Gasteiger partial charge in [-0.05, 0) is 18.4 Å². The molecule has 0 aromatic rings. The molecule has 0 aliphatic heterocycles. The molecule has 0 aliphatic carbocycles. The Morgan fingerprint density at radius 2 is 2.00 bits per heavy atom. The first-order valence-electron chi connectivity index (χ1n) is 4.73. The van der Waals surface area contributed by atoms with Crippen molar-refractivity contribution < 1.29 is 14.7 Å². The fraction of sp³-hybridized carbons (Fsp3) is 0.600. The minimum atomic E-state index is -1.29. The molecule has 1 amide bonds. The van der Waals surface area contributed by atoms with Crippen LogP contribution in [0.15, 0.2) is 12.2 Å². The van der Waals surface area contributed by atoms with Crippen LogP contribution in [0.2, 0.25) is 0 Å². The first kappa shape index (κ1) is 12.7. The Morgan fingerprint density at radius 1 is 1.36 bits per heavy atom. The van der Waals surface area contributed by atoms with Gasteiger partial charge in [-0.15, -0.1) is 0 Å². The third kappa shape index (κ3) is 6.22. The van der Waals surface area contributed by atoms with Gasteiger partial charge in [-0.1, -0.05) is 19.9 Å². The summed E-state index contributed by atoms with van der Waals surface area (Å²) in [6.07, 6.45) is 2.27. The molecule has 0 spiro atoms. The second-order valence-electron chi connectivity index (χ2n) is 3.09. The highest BCUT2D eigenvalue weighted by Gasteiger charge is 2.02. The van der Waals surface area contributed by atoms with Crippen molar-refractivity contribution in [2.45, 2.75) is 32.6 Å². The van der Waals surface area contributed by atoms with Crippen molar-refractivity contribution in [1.82, 2.24) is 5.32 Å². The van der Waals surface area contributed by atoms with Gasteiger partial charge in [0.15, 0.2) is 0 Å². The lowest BCUT2D eigenvalue weighted by atomic mass is 10.1. The lowest BCUT2D eigenvalue weighted by Crippen LogP contribution is -2.27. The van der Waals surface area contributed by atoms with E-state index in [1.54, 1.807) is 0 Å². The van der Waals surface area contributed by atoms with Crippen molar-refractivity contribution in [2.24, 2.45) is 0 Å². The molecule has 4 nitrogen and oxygen atoms in total. The number of carboxylic acids is 1. The molecular formula is C10H16NO3-. The van der Waals surface area contributed by atoms with E-state index in [0.717, 1.165) is 12.8 Å². The SMILES string of the molecule is C=C(CCC(=O)NCCCC)C(=O)[O-]. The van der Waals surface area contributed by atoms with Crippen LogP contribution in [-0.4, -0.2) is 18.4 Å². The molecule has 0 heterocycles. The Bertz CT molecular complexity index is 223. The summed E-state index contributed by atoms with van der Waals surface area (Å²) in [5.74, 6) is -1.42. The summed E-state index contributed by atoms with van der Waals surface area (Å²) in [6, 6.07) is 0. The summed E-state index contributed by atoms with van der Waals surface area (Å²) in [7, 11) is 0. The summed E-state index contributed by atoms with van der Waals surface area (Å²) in [5, 5.41) is 12.9. The Hall–Kier alpha value is -1.32. The molecule has 0 fully saturated rings. The highest BCUT2D eigenvalue weighted by molar-refractivity contribution is 5.85. The summed E-state index contributed by atoms with van der Waals surface area (Å²) in [6.45, 7) is 5.96. The number of unbranched alkanes of at least 4 members (excludes halogenated alkanes) is 1. The summed E-state index contributed by atoms with van der Waals surface area (Å²) in [4.78, 5) is 21.3. The molecule has 0 rings (SSSR count). The van der Waals surface area contributed by atoms with Gasteiger partial charge in [0.05, 0.1) is 5.97 Å². The van der Waals surface area contributed by atoms with Crippen LogP contribution in [0.5, 0.6) is 0 Å². The van der Waals surface area contributed by atoms with Crippen LogP contribution in [0.1, 0.15) is 32.6 Å². The zero-order chi connectivity index (χ0) is 11.0. The molecule has 1 N–H and O–H groups in total. The van der Waals surface area contributed by atoms with Crippen LogP contribution in [-0.2, 0) is 9.59 Å². The van der Waals surface area contributed by atoms with E-state index in [1.807, 2.05) is 6.92 Å². The van der Waals surface area contributed by atoms with Crippen LogP contribution in [0.3, 0.4) is 0 Å². The molecule has 0 radical (unpaired) electrons. The average molecular weight is 198 g/mol. The number of carboxylic acid groups (broad SMARTS) is 1. The van der Waals surface area contributed by atoms with Gasteiger partial charge in [0.1, 0.15) is 0 Å². The van der Waals surface area contributed by atoms with Crippen molar-refractivity contribution >= 4 is 11.9 Å². The molecule has 4 heteroatoms. The second kappa shape index (κ2) is 7.12. The lowest BCUT2D eigenvalue weighted by molar-refractivity contribution is -0.299. The van der Waals surface area contributed by atoms with Gasteiger partial charge in [-0.2, -0.15) is 0 Å². The number of carbonyl (C=O) groups excluding carboxylic acids is 2. The van der Waals surface area contributed by atoms with Crippen molar-refractivity contribution in [1.29, 1.82) is 0 Å². The summed E-state index contributed by atoms with van der Waals surface area (Å²) < 4.78 is 0. The maximum absolute atomic E-state index is 11.1. The van der Waals surface area contributed by atoms with Gasteiger partial charge in [-0.3, -0.25) is 4.79 Å². The van der Waals surface area contributed by atoms with E-state index in [2.05, 4.69) is 11.9 Å². The van der Waals surface area contributed by atoms with E-state index in [-0.39, 0.29) is 24.3 Å². The Kier molecular flexibility index (Phi) is 6.45. The quantitative estimate of drug-likeness (QED) is 0.462. The number of amides is 1. The second-order valence-corrected chi connectivity index (χ2v) is 3.09. The van der Waals surface area contributed by atoms with Gasteiger partial charge < -0.3 is 15.2 Å². The molecule has 0 saturated heterocycles. The van der Waals surface area contributed by atoms with Crippen LogP contribution >= 0.6 is 0 Å². The third-order valence-corrected chi connectivity index (χ3v) is 1.80. The smallest absolute Gasteiger partial charge is 0.220 e. The Balaban J connectivity index is 3.54. The fourth-order valence-electron chi connectivity index (χ4n) is 0.859. The van der Waals surface area contributed by atoms with E-state index >= 15 is 0 Å².